The number of nitrogens with zero attached hydrogens (tertiary/aromatic N) is 1. The molecular formula is C13H16F3N3O. The molecule has 1 aliphatic rings. The second kappa shape index (κ2) is 5.70. The quantitative estimate of drug-likeness (QED) is 0.833. The molecule has 20 heavy (non-hydrogen) atoms. The first-order valence-corrected chi connectivity index (χ1v) is 6.33. The van der Waals surface area contributed by atoms with Crippen molar-refractivity contribution < 1.29 is 18.0 Å². The van der Waals surface area contributed by atoms with Gasteiger partial charge in [0.05, 0.1) is 5.56 Å². The van der Waals surface area contributed by atoms with Crippen molar-refractivity contribution in [3.05, 3.63) is 29.8 Å². The van der Waals surface area contributed by atoms with Gasteiger partial charge >= 0.3 is 12.2 Å². The lowest BCUT2D eigenvalue weighted by atomic mass is 10.2. The summed E-state index contributed by atoms with van der Waals surface area (Å²) in [7, 11) is 0. The van der Waals surface area contributed by atoms with E-state index in [9.17, 15) is 18.0 Å². The second-order valence-electron chi connectivity index (χ2n) is 4.76. The zero-order chi connectivity index (χ0) is 14.8. The van der Waals surface area contributed by atoms with Gasteiger partial charge in [-0.2, -0.15) is 13.2 Å². The molecule has 1 saturated heterocycles. The third kappa shape index (κ3) is 3.41. The van der Waals surface area contributed by atoms with E-state index in [1.807, 2.05) is 6.92 Å². The largest absolute Gasteiger partial charge is 0.416 e. The van der Waals surface area contributed by atoms with E-state index in [-0.39, 0.29) is 17.8 Å². The minimum atomic E-state index is -4.41. The van der Waals surface area contributed by atoms with E-state index in [1.54, 1.807) is 4.90 Å². The summed E-state index contributed by atoms with van der Waals surface area (Å²) in [4.78, 5) is 13.7. The Morgan fingerprint density at radius 3 is 2.85 bits per heavy atom. The van der Waals surface area contributed by atoms with Crippen LogP contribution >= 0.6 is 0 Å². The van der Waals surface area contributed by atoms with Crippen molar-refractivity contribution in [1.82, 2.24) is 10.2 Å². The van der Waals surface area contributed by atoms with Gasteiger partial charge in [0.15, 0.2) is 0 Å². The number of alkyl halides is 3. The zero-order valence-electron chi connectivity index (χ0n) is 11.0. The molecule has 1 heterocycles. The van der Waals surface area contributed by atoms with E-state index >= 15 is 0 Å². The minimum Gasteiger partial charge on any atom is -0.319 e. The zero-order valence-corrected chi connectivity index (χ0v) is 11.0. The first-order chi connectivity index (χ1) is 9.38. The summed E-state index contributed by atoms with van der Waals surface area (Å²) in [5, 5.41) is 5.66. The lowest BCUT2D eigenvalue weighted by molar-refractivity contribution is -0.137. The molecule has 1 aromatic rings. The van der Waals surface area contributed by atoms with Gasteiger partial charge in [0, 0.05) is 31.4 Å². The van der Waals surface area contributed by atoms with Crippen LogP contribution in [0.5, 0.6) is 0 Å². The Morgan fingerprint density at radius 1 is 1.45 bits per heavy atom. The highest BCUT2D eigenvalue weighted by Crippen LogP contribution is 2.30. The number of urea groups is 1. The summed E-state index contributed by atoms with van der Waals surface area (Å²) in [6.07, 6.45) is -4.41. The average Bonchev–Trinajstić information content (AvgIpc) is 2.38. The number of piperazine rings is 1. The monoisotopic (exact) mass is 287 g/mol. The van der Waals surface area contributed by atoms with Gasteiger partial charge < -0.3 is 15.5 Å². The number of nitrogens with one attached hydrogen (secondary N) is 2. The lowest BCUT2D eigenvalue weighted by Crippen LogP contribution is -2.53. The lowest BCUT2D eigenvalue weighted by Gasteiger charge is -2.33. The van der Waals surface area contributed by atoms with Crippen LogP contribution in [-0.4, -0.2) is 36.6 Å². The molecule has 0 unspecified atom stereocenters. The third-order valence-corrected chi connectivity index (χ3v) is 3.20. The molecule has 2 rings (SSSR count). The smallest absolute Gasteiger partial charge is 0.319 e. The number of benzene rings is 1. The van der Waals surface area contributed by atoms with Crippen molar-refractivity contribution in [3.8, 4) is 0 Å². The molecule has 2 amide bonds. The molecule has 0 aliphatic carbocycles. The highest BCUT2D eigenvalue weighted by molar-refractivity contribution is 5.89. The molecule has 0 spiro atoms. The van der Waals surface area contributed by atoms with E-state index in [0.717, 1.165) is 12.1 Å². The third-order valence-electron chi connectivity index (χ3n) is 3.20. The SMILES string of the molecule is C[C@@H]1CNCCN1C(=O)Nc1cccc(C(F)(F)F)c1. The Balaban J connectivity index is 2.08. The molecular weight excluding hydrogens is 271 g/mol. The molecule has 7 heteroatoms. The van der Waals surface area contributed by atoms with Crippen molar-refractivity contribution >= 4 is 11.7 Å². The van der Waals surface area contributed by atoms with Crippen LogP contribution in [-0.2, 0) is 6.18 Å². The number of carbonyl (C=O) groups excluding carboxylic acids is 1. The number of hydrogen-bond acceptors (Lipinski definition) is 2. The van der Waals surface area contributed by atoms with Gasteiger partial charge in [0.2, 0.25) is 0 Å². The number of rotatable bonds is 1. The maximum absolute atomic E-state index is 12.6. The predicted molar refractivity (Wildman–Crippen MR) is 69.5 cm³/mol. The number of halogens is 3. The van der Waals surface area contributed by atoms with Gasteiger partial charge in [-0.05, 0) is 25.1 Å². The number of carbonyl (C=O) groups is 1. The Bertz CT molecular complexity index is 490. The molecule has 2 N–H and O–H groups in total. The summed E-state index contributed by atoms with van der Waals surface area (Å²) in [5.74, 6) is 0. The molecule has 1 aromatic carbocycles. The van der Waals surface area contributed by atoms with Gasteiger partial charge in [0.25, 0.3) is 0 Å². The fraction of sp³-hybridized carbons (Fsp3) is 0.462. The van der Waals surface area contributed by atoms with Crippen molar-refractivity contribution in [1.29, 1.82) is 0 Å². The van der Waals surface area contributed by atoms with E-state index < -0.39 is 11.7 Å². The van der Waals surface area contributed by atoms with Crippen LogP contribution in [0.3, 0.4) is 0 Å². The van der Waals surface area contributed by atoms with E-state index in [2.05, 4.69) is 10.6 Å². The average molecular weight is 287 g/mol. The number of anilines is 1. The number of hydrogen-bond donors (Lipinski definition) is 2. The van der Waals surface area contributed by atoms with E-state index in [0.29, 0.717) is 19.6 Å². The highest BCUT2D eigenvalue weighted by atomic mass is 19.4. The first kappa shape index (κ1) is 14.6. The van der Waals surface area contributed by atoms with Crippen molar-refractivity contribution in [2.45, 2.75) is 19.1 Å². The van der Waals surface area contributed by atoms with Crippen molar-refractivity contribution in [2.75, 3.05) is 25.0 Å². The molecule has 0 aromatic heterocycles. The molecule has 0 saturated carbocycles. The van der Waals surface area contributed by atoms with Crippen LogP contribution in [0, 0.1) is 0 Å². The van der Waals surface area contributed by atoms with E-state index in [4.69, 9.17) is 0 Å². The second-order valence-corrected chi connectivity index (χ2v) is 4.76. The summed E-state index contributed by atoms with van der Waals surface area (Å²) in [5.41, 5.74) is -0.626. The van der Waals surface area contributed by atoms with Crippen LogP contribution in [0.4, 0.5) is 23.7 Å². The normalized spacial score (nSPS) is 19.8. The van der Waals surface area contributed by atoms with Gasteiger partial charge in [-0.3, -0.25) is 0 Å². The molecule has 110 valence electrons. The van der Waals surface area contributed by atoms with Crippen LogP contribution in [0.2, 0.25) is 0 Å². The summed E-state index contributed by atoms with van der Waals surface area (Å²) >= 11 is 0. The maximum Gasteiger partial charge on any atom is 0.416 e. The first-order valence-electron chi connectivity index (χ1n) is 6.33. The van der Waals surface area contributed by atoms with E-state index in [1.165, 1.54) is 12.1 Å². The van der Waals surface area contributed by atoms with Gasteiger partial charge in [0.1, 0.15) is 0 Å². The Hall–Kier alpha value is -1.76. The van der Waals surface area contributed by atoms with Crippen LogP contribution < -0.4 is 10.6 Å². The molecule has 4 nitrogen and oxygen atoms in total. The van der Waals surface area contributed by atoms with Gasteiger partial charge in [-0.15, -0.1) is 0 Å². The molecule has 0 bridgehead atoms. The van der Waals surface area contributed by atoms with Gasteiger partial charge in [-0.1, -0.05) is 6.07 Å². The summed E-state index contributed by atoms with van der Waals surface area (Å²) in [6, 6.07) is 4.26. The fourth-order valence-electron chi connectivity index (χ4n) is 2.11. The Kier molecular flexibility index (Phi) is 4.17. The van der Waals surface area contributed by atoms with Gasteiger partial charge in [-0.25, -0.2) is 4.79 Å². The van der Waals surface area contributed by atoms with Crippen LogP contribution in [0.1, 0.15) is 12.5 Å². The summed E-state index contributed by atoms with van der Waals surface area (Å²) < 4.78 is 37.8. The Morgan fingerprint density at radius 2 is 2.20 bits per heavy atom. The highest BCUT2D eigenvalue weighted by Gasteiger charge is 2.30. The molecule has 1 fully saturated rings. The van der Waals surface area contributed by atoms with Crippen molar-refractivity contribution in [3.63, 3.8) is 0 Å². The standard InChI is InChI=1S/C13H16F3N3O/c1-9-8-17-5-6-19(9)12(20)18-11-4-2-3-10(7-11)13(14,15)16/h2-4,7,9,17H,5-6,8H2,1H3,(H,18,20)/t9-/m1/s1. The maximum atomic E-state index is 12.6. The molecule has 1 atom stereocenters. The van der Waals surface area contributed by atoms with Crippen LogP contribution in [0.15, 0.2) is 24.3 Å². The predicted octanol–water partition coefficient (Wildman–Crippen LogP) is 2.53. The summed E-state index contributed by atoms with van der Waals surface area (Å²) in [6.45, 7) is 3.78. The number of amides is 2. The topological polar surface area (TPSA) is 44.4 Å². The molecule has 0 radical (unpaired) electrons. The van der Waals surface area contributed by atoms with Crippen LogP contribution in [0.25, 0.3) is 0 Å². The van der Waals surface area contributed by atoms with Crippen molar-refractivity contribution in [2.24, 2.45) is 0 Å². The Labute approximate surface area is 114 Å². The molecule has 1 aliphatic heterocycles. The fourth-order valence-corrected chi connectivity index (χ4v) is 2.11. The minimum absolute atomic E-state index is 0.00884.